The molecule has 0 aliphatic carbocycles. The third kappa shape index (κ3) is 3.01. The smallest absolute Gasteiger partial charge is 0.175 e. The molecular formula is C18H22OS. The van der Waals surface area contributed by atoms with E-state index >= 15 is 0 Å². The first-order valence-corrected chi connectivity index (χ1v) is 7.86. The minimum atomic E-state index is 0.0550. The summed E-state index contributed by atoms with van der Waals surface area (Å²) >= 11 is 1.60. The van der Waals surface area contributed by atoms with Gasteiger partial charge in [-0.05, 0) is 28.7 Å². The van der Waals surface area contributed by atoms with E-state index in [0.717, 1.165) is 4.88 Å². The van der Waals surface area contributed by atoms with Crippen LogP contribution in [0.2, 0.25) is 0 Å². The lowest BCUT2D eigenvalue weighted by Crippen LogP contribution is -2.12. The van der Waals surface area contributed by atoms with Crippen molar-refractivity contribution in [3.8, 4) is 10.4 Å². The molecule has 0 fully saturated rings. The summed E-state index contributed by atoms with van der Waals surface area (Å²) < 4.78 is 0. The molecule has 0 N–H and O–H groups in total. The van der Waals surface area contributed by atoms with E-state index in [1.807, 2.05) is 19.9 Å². The number of ketones is 1. The van der Waals surface area contributed by atoms with E-state index < -0.39 is 0 Å². The Morgan fingerprint density at radius 3 is 2.30 bits per heavy atom. The van der Waals surface area contributed by atoms with Crippen LogP contribution in [0.1, 0.15) is 49.9 Å². The summed E-state index contributed by atoms with van der Waals surface area (Å²) in [7, 11) is 0. The van der Waals surface area contributed by atoms with Crippen LogP contribution in [0, 0.1) is 5.92 Å². The van der Waals surface area contributed by atoms with Crippen molar-refractivity contribution in [3.63, 3.8) is 0 Å². The molecule has 0 amide bonds. The third-order valence-electron chi connectivity index (χ3n) is 3.37. The van der Waals surface area contributed by atoms with E-state index in [9.17, 15) is 4.79 Å². The molecule has 0 saturated heterocycles. The summed E-state index contributed by atoms with van der Waals surface area (Å²) in [6, 6.07) is 12.5. The molecule has 0 aliphatic rings. The highest BCUT2D eigenvalue weighted by atomic mass is 32.1. The largest absolute Gasteiger partial charge is 0.293 e. The van der Waals surface area contributed by atoms with Gasteiger partial charge in [0.1, 0.15) is 0 Å². The topological polar surface area (TPSA) is 17.1 Å². The van der Waals surface area contributed by atoms with E-state index in [2.05, 4.69) is 51.1 Å². The van der Waals surface area contributed by atoms with Gasteiger partial charge < -0.3 is 0 Å². The second-order valence-electron chi connectivity index (χ2n) is 6.48. The van der Waals surface area contributed by atoms with Gasteiger partial charge in [-0.1, -0.05) is 58.9 Å². The number of benzene rings is 1. The van der Waals surface area contributed by atoms with Gasteiger partial charge in [0.05, 0.1) is 4.88 Å². The van der Waals surface area contributed by atoms with E-state index in [1.54, 1.807) is 11.3 Å². The van der Waals surface area contributed by atoms with Crippen LogP contribution in [0.15, 0.2) is 36.4 Å². The highest BCUT2D eigenvalue weighted by Crippen LogP contribution is 2.36. The van der Waals surface area contributed by atoms with Crippen molar-refractivity contribution in [1.82, 2.24) is 0 Å². The van der Waals surface area contributed by atoms with Crippen LogP contribution < -0.4 is 0 Å². The minimum absolute atomic E-state index is 0.0550. The van der Waals surface area contributed by atoms with Crippen molar-refractivity contribution in [1.29, 1.82) is 0 Å². The van der Waals surface area contributed by atoms with Crippen LogP contribution >= 0.6 is 11.3 Å². The number of carbonyl (C=O) groups is 1. The zero-order valence-corrected chi connectivity index (χ0v) is 13.7. The number of Topliss-reactive ketones (excluding diaryl/α,β-unsaturated/α-hetero) is 1. The van der Waals surface area contributed by atoms with Crippen LogP contribution in [-0.4, -0.2) is 5.78 Å². The summed E-state index contributed by atoms with van der Waals surface area (Å²) in [5, 5.41) is 0. The van der Waals surface area contributed by atoms with Crippen LogP contribution in [-0.2, 0) is 5.41 Å². The third-order valence-corrected chi connectivity index (χ3v) is 4.51. The normalized spacial score (nSPS) is 11.9. The molecule has 1 aromatic heterocycles. The first-order valence-electron chi connectivity index (χ1n) is 7.04. The maximum absolute atomic E-state index is 12.1. The first kappa shape index (κ1) is 15.0. The minimum Gasteiger partial charge on any atom is -0.293 e. The van der Waals surface area contributed by atoms with Crippen molar-refractivity contribution in [2.24, 2.45) is 5.92 Å². The average Bonchev–Trinajstić information content (AvgIpc) is 2.86. The van der Waals surface area contributed by atoms with Crippen LogP contribution in [0.4, 0.5) is 0 Å². The Kier molecular flexibility index (Phi) is 4.14. The Morgan fingerprint density at radius 1 is 1.05 bits per heavy atom. The summed E-state index contributed by atoms with van der Waals surface area (Å²) in [6.07, 6.45) is 0. The van der Waals surface area contributed by atoms with Gasteiger partial charge in [-0.15, -0.1) is 11.3 Å². The molecule has 0 aliphatic heterocycles. The van der Waals surface area contributed by atoms with Crippen molar-refractivity contribution in [2.75, 3.05) is 0 Å². The van der Waals surface area contributed by atoms with Gasteiger partial charge in [0, 0.05) is 10.8 Å². The average molecular weight is 286 g/mol. The van der Waals surface area contributed by atoms with Gasteiger partial charge in [0.2, 0.25) is 0 Å². The molecule has 2 rings (SSSR count). The van der Waals surface area contributed by atoms with Gasteiger partial charge in [0.15, 0.2) is 5.78 Å². The van der Waals surface area contributed by atoms with Gasteiger partial charge in [-0.25, -0.2) is 0 Å². The molecule has 1 nitrogen and oxygen atoms in total. The van der Waals surface area contributed by atoms with E-state index in [0.29, 0.717) is 0 Å². The van der Waals surface area contributed by atoms with Crippen molar-refractivity contribution in [2.45, 2.75) is 40.0 Å². The molecule has 0 unspecified atom stereocenters. The number of carbonyl (C=O) groups excluding carboxylic acids is 1. The lowest BCUT2D eigenvalue weighted by Gasteiger charge is -2.22. The maximum atomic E-state index is 12.1. The molecule has 0 bridgehead atoms. The van der Waals surface area contributed by atoms with Gasteiger partial charge in [-0.3, -0.25) is 4.79 Å². The summed E-state index contributed by atoms with van der Waals surface area (Å²) in [5.41, 5.74) is 2.67. The molecule has 0 radical (unpaired) electrons. The fraction of sp³-hybridized carbons (Fsp3) is 0.389. The molecule has 0 saturated carbocycles. The second kappa shape index (κ2) is 5.53. The Hall–Kier alpha value is -1.41. The highest BCUT2D eigenvalue weighted by molar-refractivity contribution is 7.17. The fourth-order valence-electron chi connectivity index (χ4n) is 2.25. The molecule has 2 aromatic rings. The summed E-state index contributed by atoms with van der Waals surface area (Å²) in [6.45, 7) is 10.6. The Morgan fingerprint density at radius 2 is 1.70 bits per heavy atom. The van der Waals surface area contributed by atoms with E-state index in [4.69, 9.17) is 0 Å². The second-order valence-corrected chi connectivity index (χ2v) is 7.56. The number of rotatable bonds is 3. The van der Waals surface area contributed by atoms with Gasteiger partial charge >= 0.3 is 0 Å². The molecule has 1 heterocycles. The lowest BCUT2D eigenvalue weighted by atomic mass is 9.83. The van der Waals surface area contributed by atoms with Crippen molar-refractivity contribution in [3.05, 3.63) is 46.8 Å². The zero-order chi connectivity index (χ0) is 14.9. The zero-order valence-electron chi connectivity index (χ0n) is 12.9. The predicted molar refractivity (Wildman–Crippen MR) is 87.6 cm³/mol. The predicted octanol–water partition coefficient (Wildman–Crippen LogP) is 5.55. The summed E-state index contributed by atoms with van der Waals surface area (Å²) in [4.78, 5) is 14.1. The number of hydrogen-bond donors (Lipinski definition) is 0. The molecule has 106 valence electrons. The molecule has 0 atom stereocenters. The lowest BCUT2D eigenvalue weighted by molar-refractivity contribution is 0.0943. The Labute approximate surface area is 125 Å². The number of thiophene rings is 1. The molecule has 0 spiro atoms. The van der Waals surface area contributed by atoms with Crippen LogP contribution in [0.3, 0.4) is 0 Å². The van der Waals surface area contributed by atoms with Crippen LogP contribution in [0.5, 0.6) is 0 Å². The molecule has 1 aromatic carbocycles. The monoisotopic (exact) mass is 286 g/mol. The Bertz CT molecular complexity index is 614. The van der Waals surface area contributed by atoms with Crippen molar-refractivity contribution < 1.29 is 4.79 Å². The Balaban J connectivity index is 2.46. The first-order chi connectivity index (χ1) is 9.30. The standard InChI is InChI=1S/C18H22OS/c1-12(2)17(19)16-11-10-15(20-16)13-8-6-7-9-14(13)18(3,4)5/h6-12H,1-5H3. The van der Waals surface area contributed by atoms with Gasteiger partial charge in [-0.2, -0.15) is 0 Å². The van der Waals surface area contributed by atoms with Crippen molar-refractivity contribution >= 4 is 17.1 Å². The molecule has 20 heavy (non-hydrogen) atoms. The SMILES string of the molecule is CC(C)C(=O)c1ccc(-c2ccccc2C(C)(C)C)s1. The maximum Gasteiger partial charge on any atom is 0.175 e. The molecular weight excluding hydrogens is 264 g/mol. The quantitative estimate of drug-likeness (QED) is 0.676. The molecule has 2 heteroatoms. The van der Waals surface area contributed by atoms with E-state index in [-0.39, 0.29) is 17.1 Å². The fourth-order valence-corrected chi connectivity index (χ4v) is 3.38. The van der Waals surface area contributed by atoms with E-state index in [1.165, 1.54) is 16.0 Å². The summed E-state index contributed by atoms with van der Waals surface area (Å²) in [5.74, 6) is 0.286. The van der Waals surface area contributed by atoms with Crippen LogP contribution in [0.25, 0.3) is 10.4 Å². The highest BCUT2D eigenvalue weighted by Gasteiger charge is 2.20. The number of hydrogen-bond acceptors (Lipinski definition) is 2. The van der Waals surface area contributed by atoms with Gasteiger partial charge in [0.25, 0.3) is 0 Å².